The van der Waals surface area contributed by atoms with Crippen LogP contribution in [-0.4, -0.2) is 37.0 Å². The molecular formula is C16H19N3O. The lowest BCUT2D eigenvalue weighted by atomic mass is 9.85. The number of rotatable bonds is 3. The van der Waals surface area contributed by atoms with Crippen LogP contribution in [-0.2, 0) is 10.3 Å². The van der Waals surface area contributed by atoms with Crippen molar-refractivity contribution in [2.45, 2.75) is 31.2 Å². The fourth-order valence-corrected chi connectivity index (χ4v) is 3.40. The summed E-state index contributed by atoms with van der Waals surface area (Å²) in [4.78, 5) is 21.9. The SMILES string of the molecule is CN1CCN=C1c1ccccc1C1(N=C=O)CCCC1. The van der Waals surface area contributed by atoms with Crippen molar-refractivity contribution in [1.29, 1.82) is 0 Å². The van der Waals surface area contributed by atoms with E-state index in [0.717, 1.165) is 55.7 Å². The van der Waals surface area contributed by atoms with Crippen molar-refractivity contribution < 1.29 is 4.79 Å². The van der Waals surface area contributed by atoms with E-state index < -0.39 is 0 Å². The Balaban J connectivity index is 2.12. The van der Waals surface area contributed by atoms with Gasteiger partial charge in [0.05, 0.1) is 12.1 Å². The predicted molar refractivity (Wildman–Crippen MR) is 78.7 cm³/mol. The minimum absolute atomic E-state index is 0.385. The summed E-state index contributed by atoms with van der Waals surface area (Å²) in [5.41, 5.74) is 1.87. The van der Waals surface area contributed by atoms with Gasteiger partial charge in [-0.25, -0.2) is 4.79 Å². The quantitative estimate of drug-likeness (QED) is 0.625. The third kappa shape index (κ3) is 2.06. The van der Waals surface area contributed by atoms with Gasteiger partial charge in [-0.3, -0.25) is 4.99 Å². The molecule has 3 rings (SSSR count). The van der Waals surface area contributed by atoms with Crippen molar-refractivity contribution in [1.82, 2.24) is 4.90 Å². The zero-order valence-electron chi connectivity index (χ0n) is 11.8. The van der Waals surface area contributed by atoms with E-state index in [1.165, 1.54) is 0 Å². The van der Waals surface area contributed by atoms with Crippen LogP contribution in [0.2, 0.25) is 0 Å². The van der Waals surface area contributed by atoms with Gasteiger partial charge in [-0.05, 0) is 18.4 Å². The first-order valence-electron chi connectivity index (χ1n) is 7.21. The maximum absolute atomic E-state index is 10.9. The second kappa shape index (κ2) is 5.22. The van der Waals surface area contributed by atoms with Crippen molar-refractivity contribution in [2.75, 3.05) is 20.1 Å². The first-order valence-corrected chi connectivity index (χ1v) is 7.21. The zero-order chi connectivity index (χ0) is 14.0. The molecule has 0 spiro atoms. The molecule has 0 saturated heterocycles. The van der Waals surface area contributed by atoms with Crippen LogP contribution in [0.15, 0.2) is 34.3 Å². The molecule has 0 radical (unpaired) electrons. The molecule has 1 aliphatic carbocycles. The molecule has 2 aliphatic rings. The van der Waals surface area contributed by atoms with Crippen molar-refractivity contribution >= 4 is 11.9 Å². The van der Waals surface area contributed by atoms with E-state index in [9.17, 15) is 4.79 Å². The van der Waals surface area contributed by atoms with E-state index in [1.807, 2.05) is 12.1 Å². The van der Waals surface area contributed by atoms with Crippen molar-refractivity contribution in [3.63, 3.8) is 0 Å². The monoisotopic (exact) mass is 269 g/mol. The summed E-state index contributed by atoms with van der Waals surface area (Å²) in [6.45, 7) is 1.79. The van der Waals surface area contributed by atoms with E-state index in [1.54, 1.807) is 6.08 Å². The van der Waals surface area contributed by atoms with Gasteiger partial charge in [-0.2, -0.15) is 4.99 Å². The fraction of sp³-hybridized carbons (Fsp3) is 0.500. The summed E-state index contributed by atoms with van der Waals surface area (Å²) in [5.74, 6) is 1.02. The predicted octanol–water partition coefficient (Wildman–Crippen LogP) is 2.48. The van der Waals surface area contributed by atoms with Gasteiger partial charge in [0.25, 0.3) is 0 Å². The topological polar surface area (TPSA) is 45.0 Å². The number of hydrogen-bond donors (Lipinski definition) is 0. The van der Waals surface area contributed by atoms with Crippen molar-refractivity contribution in [3.8, 4) is 0 Å². The van der Waals surface area contributed by atoms with Crippen LogP contribution in [0.25, 0.3) is 0 Å². The Bertz CT molecular complexity index is 581. The smallest absolute Gasteiger partial charge is 0.235 e. The Kier molecular flexibility index (Phi) is 3.41. The first-order chi connectivity index (χ1) is 9.77. The molecule has 4 heteroatoms. The molecule has 1 fully saturated rings. The third-order valence-electron chi connectivity index (χ3n) is 4.42. The van der Waals surface area contributed by atoms with E-state index >= 15 is 0 Å². The van der Waals surface area contributed by atoms with Gasteiger partial charge in [0.2, 0.25) is 6.08 Å². The third-order valence-corrected chi connectivity index (χ3v) is 4.42. The largest absolute Gasteiger partial charge is 0.358 e. The molecule has 1 aliphatic heterocycles. The Morgan fingerprint density at radius 2 is 2.05 bits per heavy atom. The second-order valence-corrected chi connectivity index (χ2v) is 5.61. The highest BCUT2D eigenvalue weighted by Crippen LogP contribution is 2.43. The maximum atomic E-state index is 10.9. The molecule has 0 amide bonds. The van der Waals surface area contributed by atoms with Gasteiger partial charge in [-0.15, -0.1) is 0 Å². The van der Waals surface area contributed by atoms with Crippen LogP contribution in [0.1, 0.15) is 36.8 Å². The fourth-order valence-electron chi connectivity index (χ4n) is 3.40. The number of isocyanates is 1. The van der Waals surface area contributed by atoms with Gasteiger partial charge < -0.3 is 4.90 Å². The molecule has 1 aromatic rings. The van der Waals surface area contributed by atoms with Gasteiger partial charge in [0.15, 0.2) is 0 Å². The number of likely N-dealkylation sites (N-methyl/N-ethyl adjacent to an activating group) is 1. The molecule has 1 aromatic carbocycles. The molecular weight excluding hydrogens is 250 g/mol. The highest BCUT2D eigenvalue weighted by Gasteiger charge is 2.38. The van der Waals surface area contributed by atoms with E-state index in [2.05, 4.69) is 34.1 Å². The average molecular weight is 269 g/mol. The molecule has 0 bridgehead atoms. The van der Waals surface area contributed by atoms with Gasteiger partial charge in [0, 0.05) is 19.2 Å². The standard InChI is InChI=1S/C16H19N3O/c1-19-11-10-17-15(19)13-6-2-3-7-14(13)16(18-12-20)8-4-5-9-16/h2-3,6-7H,4-5,8-11H2,1H3. The highest BCUT2D eigenvalue weighted by atomic mass is 16.1. The van der Waals surface area contributed by atoms with Crippen LogP contribution in [0.3, 0.4) is 0 Å². The molecule has 1 saturated carbocycles. The Labute approximate surface area is 119 Å². The van der Waals surface area contributed by atoms with Crippen molar-refractivity contribution in [3.05, 3.63) is 35.4 Å². The van der Waals surface area contributed by atoms with Crippen LogP contribution >= 0.6 is 0 Å². The van der Waals surface area contributed by atoms with Crippen LogP contribution in [0, 0.1) is 0 Å². The van der Waals surface area contributed by atoms with Crippen LogP contribution in [0.4, 0.5) is 0 Å². The molecule has 0 unspecified atom stereocenters. The Morgan fingerprint density at radius 1 is 1.30 bits per heavy atom. The van der Waals surface area contributed by atoms with E-state index in [-0.39, 0.29) is 5.54 Å². The number of nitrogens with zero attached hydrogens (tertiary/aromatic N) is 3. The molecule has 0 atom stereocenters. The first kappa shape index (κ1) is 13.1. The molecule has 0 N–H and O–H groups in total. The lowest BCUT2D eigenvalue weighted by Gasteiger charge is -2.27. The maximum Gasteiger partial charge on any atom is 0.235 e. The van der Waals surface area contributed by atoms with Gasteiger partial charge in [-0.1, -0.05) is 37.1 Å². The minimum atomic E-state index is -0.385. The van der Waals surface area contributed by atoms with E-state index in [0.29, 0.717) is 0 Å². The summed E-state index contributed by atoms with van der Waals surface area (Å²) in [6.07, 6.45) is 5.88. The van der Waals surface area contributed by atoms with Crippen LogP contribution < -0.4 is 0 Å². The van der Waals surface area contributed by atoms with Crippen LogP contribution in [0.5, 0.6) is 0 Å². The lowest BCUT2D eigenvalue weighted by Crippen LogP contribution is -2.28. The highest BCUT2D eigenvalue weighted by molar-refractivity contribution is 6.01. The minimum Gasteiger partial charge on any atom is -0.358 e. The normalized spacial score (nSPS) is 20.6. The molecule has 4 nitrogen and oxygen atoms in total. The Morgan fingerprint density at radius 3 is 2.70 bits per heavy atom. The molecule has 0 aromatic heterocycles. The summed E-state index contributed by atoms with van der Waals surface area (Å²) in [7, 11) is 2.06. The van der Waals surface area contributed by atoms with Gasteiger partial charge in [0.1, 0.15) is 5.84 Å². The average Bonchev–Trinajstić information content (AvgIpc) is 3.09. The number of benzene rings is 1. The number of carbonyl (C=O) groups excluding carboxylic acids is 1. The number of aliphatic imine (C=N–C) groups is 2. The van der Waals surface area contributed by atoms with Gasteiger partial charge >= 0.3 is 0 Å². The molecule has 104 valence electrons. The summed E-state index contributed by atoms with van der Waals surface area (Å²) >= 11 is 0. The summed E-state index contributed by atoms with van der Waals surface area (Å²) < 4.78 is 0. The summed E-state index contributed by atoms with van der Waals surface area (Å²) in [6, 6.07) is 8.24. The van der Waals surface area contributed by atoms with Crippen molar-refractivity contribution in [2.24, 2.45) is 9.98 Å². The number of hydrogen-bond acceptors (Lipinski definition) is 4. The summed E-state index contributed by atoms with van der Waals surface area (Å²) in [5, 5.41) is 0. The van der Waals surface area contributed by atoms with E-state index in [4.69, 9.17) is 0 Å². The zero-order valence-corrected chi connectivity index (χ0v) is 11.8. The number of amidine groups is 1. The second-order valence-electron chi connectivity index (χ2n) is 5.61. The molecule has 20 heavy (non-hydrogen) atoms. The lowest BCUT2D eigenvalue weighted by molar-refractivity contribution is 0.454. The molecule has 1 heterocycles. The Hall–Kier alpha value is -1.93.